The Labute approximate surface area is 137 Å². The van der Waals surface area contributed by atoms with Crippen LogP contribution in [0, 0.1) is 6.92 Å². The molecule has 5 heteroatoms. The van der Waals surface area contributed by atoms with Gasteiger partial charge in [-0.15, -0.1) is 0 Å². The van der Waals surface area contributed by atoms with Gasteiger partial charge in [-0.3, -0.25) is 4.79 Å². The minimum atomic E-state index is -4.60. The predicted molar refractivity (Wildman–Crippen MR) is 85.7 cm³/mol. The first-order valence-electron chi connectivity index (χ1n) is 7.59. The largest absolute Gasteiger partial charge is 0.417 e. The number of halogens is 3. The lowest BCUT2D eigenvalue weighted by molar-refractivity contribution is -0.114. The van der Waals surface area contributed by atoms with Crippen LogP contribution in [0.5, 0.6) is 0 Å². The third-order valence-electron chi connectivity index (χ3n) is 4.96. The Morgan fingerprint density at radius 2 is 1.75 bits per heavy atom. The maximum Gasteiger partial charge on any atom is 0.417 e. The molecule has 24 heavy (non-hydrogen) atoms. The summed E-state index contributed by atoms with van der Waals surface area (Å²) < 4.78 is 41.5. The van der Waals surface area contributed by atoms with E-state index in [0.717, 1.165) is 5.56 Å². The van der Waals surface area contributed by atoms with Crippen LogP contribution in [-0.4, -0.2) is 12.1 Å². The molecule has 1 aliphatic heterocycles. The van der Waals surface area contributed by atoms with Crippen molar-refractivity contribution in [1.82, 2.24) is 0 Å². The SMILES string of the molecule is Cc1ccc2c(c1)C(C(F)(F)F)=C1C(=O)Nc3ccccc3C12C. The van der Waals surface area contributed by atoms with Gasteiger partial charge in [0.1, 0.15) is 0 Å². The monoisotopic (exact) mass is 329 g/mol. The van der Waals surface area contributed by atoms with Crippen LogP contribution in [0.1, 0.15) is 29.2 Å². The number of carbonyl (C=O) groups is 1. The summed E-state index contributed by atoms with van der Waals surface area (Å²) in [6.07, 6.45) is -4.60. The van der Waals surface area contributed by atoms with Crippen molar-refractivity contribution < 1.29 is 18.0 Å². The molecular formula is C19H14F3NO. The van der Waals surface area contributed by atoms with E-state index in [4.69, 9.17) is 0 Å². The highest BCUT2D eigenvalue weighted by Crippen LogP contribution is 2.57. The summed E-state index contributed by atoms with van der Waals surface area (Å²) in [5.74, 6) is -0.683. The van der Waals surface area contributed by atoms with Gasteiger partial charge in [-0.1, -0.05) is 42.0 Å². The van der Waals surface area contributed by atoms with Crippen LogP contribution < -0.4 is 5.32 Å². The number of aryl methyl sites for hydroxylation is 1. The van der Waals surface area contributed by atoms with Gasteiger partial charge >= 0.3 is 6.18 Å². The van der Waals surface area contributed by atoms with Gasteiger partial charge in [0.15, 0.2) is 0 Å². The van der Waals surface area contributed by atoms with E-state index < -0.39 is 23.1 Å². The topological polar surface area (TPSA) is 29.1 Å². The van der Waals surface area contributed by atoms with Gasteiger partial charge in [-0.2, -0.15) is 13.2 Å². The van der Waals surface area contributed by atoms with Crippen molar-refractivity contribution in [1.29, 1.82) is 0 Å². The highest BCUT2D eigenvalue weighted by Gasteiger charge is 2.55. The summed E-state index contributed by atoms with van der Waals surface area (Å²) in [6, 6.07) is 12.0. The number of anilines is 1. The van der Waals surface area contributed by atoms with Gasteiger partial charge in [0.05, 0.1) is 11.0 Å². The van der Waals surface area contributed by atoms with Gasteiger partial charge in [0.2, 0.25) is 0 Å². The number of nitrogens with one attached hydrogen (secondary N) is 1. The van der Waals surface area contributed by atoms with Crippen molar-refractivity contribution in [3.63, 3.8) is 0 Å². The number of hydrogen-bond donors (Lipinski definition) is 1. The number of rotatable bonds is 0. The average Bonchev–Trinajstić information content (AvgIpc) is 2.77. The Morgan fingerprint density at radius 3 is 2.46 bits per heavy atom. The smallest absolute Gasteiger partial charge is 0.322 e. The fourth-order valence-corrected chi connectivity index (χ4v) is 3.95. The predicted octanol–water partition coefficient (Wildman–Crippen LogP) is 4.58. The highest BCUT2D eigenvalue weighted by atomic mass is 19.4. The number of benzene rings is 2. The van der Waals surface area contributed by atoms with E-state index in [1.54, 1.807) is 50.2 Å². The number of allylic oxidation sites excluding steroid dienone is 1. The highest BCUT2D eigenvalue weighted by molar-refractivity contribution is 6.17. The lowest BCUT2D eigenvalue weighted by atomic mass is 9.70. The van der Waals surface area contributed by atoms with Crippen LogP contribution in [0.2, 0.25) is 0 Å². The third-order valence-corrected chi connectivity index (χ3v) is 4.96. The summed E-state index contributed by atoms with van der Waals surface area (Å²) in [5.41, 5.74) is 0.460. The molecule has 0 bridgehead atoms. The quantitative estimate of drug-likeness (QED) is 0.753. The van der Waals surface area contributed by atoms with E-state index >= 15 is 0 Å². The number of fused-ring (bicyclic) bond motifs is 5. The Hall–Kier alpha value is -2.56. The second-order valence-electron chi connectivity index (χ2n) is 6.42. The molecule has 4 rings (SSSR count). The van der Waals surface area contributed by atoms with E-state index in [2.05, 4.69) is 5.32 Å². The summed E-state index contributed by atoms with van der Waals surface area (Å²) in [7, 11) is 0. The zero-order valence-corrected chi connectivity index (χ0v) is 13.1. The Bertz CT molecular complexity index is 926. The van der Waals surface area contributed by atoms with Gasteiger partial charge in [0, 0.05) is 11.3 Å². The van der Waals surface area contributed by atoms with Gasteiger partial charge < -0.3 is 5.32 Å². The van der Waals surface area contributed by atoms with Crippen molar-refractivity contribution in [2.45, 2.75) is 25.4 Å². The van der Waals surface area contributed by atoms with Crippen LogP contribution >= 0.6 is 0 Å². The Morgan fingerprint density at radius 1 is 1.04 bits per heavy atom. The number of para-hydroxylation sites is 1. The first-order chi connectivity index (χ1) is 11.2. The Balaban J connectivity index is 2.17. The third kappa shape index (κ3) is 1.75. The van der Waals surface area contributed by atoms with Crippen LogP contribution in [0.15, 0.2) is 48.0 Å². The number of hydrogen-bond acceptors (Lipinski definition) is 1. The molecule has 2 aromatic carbocycles. The van der Waals surface area contributed by atoms with E-state index in [-0.39, 0.29) is 11.1 Å². The molecule has 1 amide bonds. The molecule has 1 heterocycles. The molecule has 0 fully saturated rings. The van der Waals surface area contributed by atoms with Crippen LogP contribution in [-0.2, 0) is 10.2 Å². The molecule has 0 saturated heterocycles. The maximum absolute atomic E-state index is 13.8. The molecule has 2 aromatic rings. The zero-order chi connectivity index (χ0) is 17.3. The molecule has 2 aliphatic rings. The molecule has 0 radical (unpaired) electrons. The molecule has 122 valence electrons. The minimum Gasteiger partial charge on any atom is -0.322 e. The molecule has 1 unspecified atom stereocenters. The fraction of sp³-hybridized carbons (Fsp3) is 0.211. The standard InChI is InChI=1S/C19H14F3NO/c1-10-7-8-12-11(9-10)15(19(20,21)22)16-17(24)23-14-6-4-3-5-13(14)18(12,16)2/h3-9H,1-2H3,(H,23,24). The molecule has 0 spiro atoms. The number of amides is 1. The lowest BCUT2D eigenvalue weighted by Crippen LogP contribution is -2.37. The van der Waals surface area contributed by atoms with Gasteiger partial charge in [-0.25, -0.2) is 0 Å². The fourth-order valence-electron chi connectivity index (χ4n) is 3.95. The Kier molecular flexibility index (Phi) is 2.81. The normalized spacial score (nSPS) is 22.0. The van der Waals surface area contributed by atoms with Crippen molar-refractivity contribution in [3.8, 4) is 0 Å². The van der Waals surface area contributed by atoms with Crippen LogP contribution in [0.25, 0.3) is 5.57 Å². The van der Waals surface area contributed by atoms with Crippen molar-refractivity contribution in [2.75, 3.05) is 5.32 Å². The molecule has 1 aliphatic carbocycles. The summed E-state index contributed by atoms with van der Waals surface area (Å²) in [6.45, 7) is 3.45. The molecule has 0 aromatic heterocycles. The molecule has 2 nitrogen and oxygen atoms in total. The average molecular weight is 329 g/mol. The summed E-state index contributed by atoms with van der Waals surface area (Å²) in [5, 5.41) is 2.61. The first kappa shape index (κ1) is 15.0. The van der Waals surface area contributed by atoms with E-state index in [1.807, 2.05) is 0 Å². The zero-order valence-electron chi connectivity index (χ0n) is 13.1. The van der Waals surface area contributed by atoms with Gasteiger partial charge in [0.25, 0.3) is 5.91 Å². The van der Waals surface area contributed by atoms with Crippen molar-refractivity contribution in [2.24, 2.45) is 0 Å². The van der Waals surface area contributed by atoms with Crippen LogP contribution in [0.3, 0.4) is 0 Å². The molecule has 0 saturated carbocycles. The second kappa shape index (κ2) is 4.50. The van der Waals surface area contributed by atoms with Gasteiger partial charge in [-0.05, 0) is 36.6 Å². The minimum absolute atomic E-state index is 0.104. The lowest BCUT2D eigenvalue weighted by Gasteiger charge is -2.35. The van der Waals surface area contributed by atoms with E-state index in [0.29, 0.717) is 16.8 Å². The number of alkyl halides is 3. The van der Waals surface area contributed by atoms with E-state index in [9.17, 15) is 18.0 Å². The van der Waals surface area contributed by atoms with Crippen LogP contribution in [0.4, 0.5) is 18.9 Å². The molecule has 1 atom stereocenters. The number of carbonyl (C=O) groups excluding carboxylic acids is 1. The van der Waals surface area contributed by atoms with Crippen molar-refractivity contribution >= 4 is 17.2 Å². The summed E-state index contributed by atoms with van der Waals surface area (Å²) in [4.78, 5) is 12.6. The van der Waals surface area contributed by atoms with E-state index in [1.165, 1.54) is 6.07 Å². The second-order valence-corrected chi connectivity index (χ2v) is 6.42. The molecule has 1 N–H and O–H groups in total. The molecular weight excluding hydrogens is 315 g/mol. The van der Waals surface area contributed by atoms with Crippen molar-refractivity contribution in [3.05, 3.63) is 70.3 Å². The first-order valence-corrected chi connectivity index (χ1v) is 7.59. The maximum atomic E-state index is 13.8. The summed E-state index contributed by atoms with van der Waals surface area (Å²) >= 11 is 0.